The molecule has 2 fully saturated rings. The summed E-state index contributed by atoms with van der Waals surface area (Å²) in [5.74, 6) is 0.347. The second-order valence-corrected chi connectivity index (χ2v) is 13.5. The second-order valence-electron chi connectivity index (χ2n) is 8.62. The van der Waals surface area contributed by atoms with Crippen molar-refractivity contribution in [1.29, 1.82) is 0 Å². The quantitative estimate of drug-likeness (QED) is 0.422. The van der Waals surface area contributed by atoms with E-state index >= 15 is 0 Å². The maximum absolute atomic E-state index is 13.8. The van der Waals surface area contributed by atoms with Crippen molar-refractivity contribution in [1.82, 2.24) is 9.29 Å². The first kappa shape index (κ1) is 24.9. The third-order valence-corrected chi connectivity index (χ3v) is 11.1. The van der Waals surface area contributed by atoms with Gasteiger partial charge >= 0.3 is 0 Å². The van der Waals surface area contributed by atoms with E-state index in [1.165, 1.54) is 21.7 Å². The third kappa shape index (κ3) is 5.07. The minimum Gasteiger partial charge on any atom is -0.494 e. The van der Waals surface area contributed by atoms with Crippen molar-refractivity contribution in [3.8, 4) is 5.75 Å². The molecule has 1 unspecified atom stereocenters. The molecular formula is C23H26ClN3O5S3. The van der Waals surface area contributed by atoms with Crippen molar-refractivity contribution in [3.05, 3.63) is 34.7 Å². The maximum atomic E-state index is 13.8. The zero-order chi connectivity index (χ0) is 24.6. The number of para-hydroxylation sites is 1. The molecular weight excluding hydrogens is 530 g/mol. The summed E-state index contributed by atoms with van der Waals surface area (Å²) in [6.07, 6.45) is 2.75. The molecule has 188 valence electrons. The Hall–Kier alpha value is -1.76. The molecule has 2 saturated heterocycles. The molecule has 35 heavy (non-hydrogen) atoms. The van der Waals surface area contributed by atoms with Gasteiger partial charge in [-0.3, -0.25) is 9.69 Å². The molecule has 0 spiro atoms. The van der Waals surface area contributed by atoms with Gasteiger partial charge in [0.05, 0.1) is 28.8 Å². The van der Waals surface area contributed by atoms with Crippen LogP contribution < -0.4 is 9.64 Å². The topological polar surface area (TPSA) is 89.0 Å². The standard InChI is InChI=1S/C23H26ClN3O5S3/c1-31-17-5-2-6-18-21(17)25-23(33-18)27(14-16-4-3-13-32-16)22(28)15-9-11-26(12-10-15)35(29,30)20-8-7-19(24)34-20/h2,5-8,15-16H,3-4,9-14H2,1H3. The summed E-state index contributed by atoms with van der Waals surface area (Å²) in [4.78, 5) is 20.3. The van der Waals surface area contributed by atoms with E-state index in [-0.39, 0.29) is 35.2 Å². The highest BCUT2D eigenvalue weighted by atomic mass is 35.5. The number of hydrogen-bond donors (Lipinski definition) is 0. The highest BCUT2D eigenvalue weighted by Gasteiger charge is 2.36. The van der Waals surface area contributed by atoms with E-state index in [9.17, 15) is 13.2 Å². The number of piperidine rings is 1. The molecule has 5 rings (SSSR count). The summed E-state index contributed by atoms with van der Waals surface area (Å²) in [6, 6.07) is 8.85. The minimum absolute atomic E-state index is 0.0306. The number of carbonyl (C=O) groups excluding carboxylic acids is 1. The SMILES string of the molecule is COc1cccc2sc(N(CC3CCCO3)C(=O)C3CCN(S(=O)(=O)c4ccc(Cl)s4)CC3)nc12. The molecule has 4 heterocycles. The number of benzene rings is 1. The van der Waals surface area contributed by atoms with Gasteiger partial charge in [-0.05, 0) is 49.9 Å². The number of amides is 1. The molecule has 0 aliphatic carbocycles. The molecule has 3 aromatic rings. The Bertz CT molecular complexity index is 1310. The number of thiazole rings is 1. The van der Waals surface area contributed by atoms with Crippen LogP contribution in [-0.4, -0.2) is 63.1 Å². The van der Waals surface area contributed by atoms with Gasteiger partial charge in [0.1, 0.15) is 15.5 Å². The number of thiophene rings is 1. The van der Waals surface area contributed by atoms with Gasteiger partial charge in [0.25, 0.3) is 10.0 Å². The first-order chi connectivity index (χ1) is 16.9. The molecule has 12 heteroatoms. The fourth-order valence-corrected chi connectivity index (χ4v) is 8.68. The Kier molecular flexibility index (Phi) is 7.34. The lowest BCUT2D eigenvalue weighted by Gasteiger charge is -2.33. The van der Waals surface area contributed by atoms with Gasteiger partial charge in [-0.2, -0.15) is 4.31 Å². The smallest absolute Gasteiger partial charge is 0.252 e. The van der Waals surface area contributed by atoms with Crippen LogP contribution in [0.2, 0.25) is 4.34 Å². The third-order valence-electron chi connectivity index (χ3n) is 6.44. The monoisotopic (exact) mass is 555 g/mol. The number of nitrogens with zero attached hydrogens (tertiary/aromatic N) is 3. The number of rotatable bonds is 7. The molecule has 2 aliphatic rings. The summed E-state index contributed by atoms with van der Waals surface area (Å²) < 4.78 is 40.3. The van der Waals surface area contributed by atoms with E-state index in [1.54, 1.807) is 18.1 Å². The van der Waals surface area contributed by atoms with Crippen molar-refractivity contribution >= 4 is 65.6 Å². The van der Waals surface area contributed by atoms with Crippen molar-refractivity contribution in [2.45, 2.75) is 36.0 Å². The lowest BCUT2D eigenvalue weighted by atomic mass is 9.96. The largest absolute Gasteiger partial charge is 0.494 e. The van der Waals surface area contributed by atoms with Crippen LogP contribution in [0.25, 0.3) is 10.2 Å². The molecule has 1 aromatic carbocycles. The van der Waals surface area contributed by atoms with Gasteiger partial charge in [-0.1, -0.05) is 29.0 Å². The molecule has 0 radical (unpaired) electrons. The Labute approximate surface area is 217 Å². The molecule has 2 aliphatic heterocycles. The van der Waals surface area contributed by atoms with Crippen LogP contribution in [0.15, 0.2) is 34.5 Å². The highest BCUT2D eigenvalue weighted by Crippen LogP contribution is 2.36. The Balaban J connectivity index is 1.35. The number of fused-ring (bicyclic) bond motifs is 1. The fourth-order valence-electron chi connectivity index (χ4n) is 4.57. The van der Waals surface area contributed by atoms with Crippen molar-refractivity contribution in [2.24, 2.45) is 5.92 Å². The van der Waals surface area contributed by atoms with E-state index in [4.69, 9.17) is 26.1 Å². The second kappa shape index (κ2) is 10.3. The number of aromatic nitrogens is 1. The summed E-state index contributed by atoms with van der Waals surface area (Å²) >= 11 is 8.45. The molecule has 8 nitrogen and oxygen atoms in total. The summed E-state index contributed by atoms with van der Waals surface area (Å²) in [5.41, 5.74) is 0.732. The molecule has 2 aromatic heterocycles. The number of halogens is 1. The summed E-state index contributed by atoms with van der Waals surface area (Å²) in [6.45, 7) is 1.71. The maximum Gasteiger partial charge on any atom is 0.252 e. The zero-order valence-corrected chi connectivity index (χ0v) is 22.4. The Morgan fingerprint density at radius 2 is 2.03 bits per heavy atom. The van der Waals surface area contributed by atoms with Crippen LogP contribution in [0.1, 0.15) is 25.7 Å². The first-order valence-electron chi connectivity index (χ1n) is 11.5. The van der Waals surface area contributed by atoms with Crippen LogP contribution in [0.4, 0.5) is 5.13 Å². The summed E-state index contributed by atoms with van der Waals surface area (Å²) in [7, 11) is -2.00. The lowest BCUT2D eigenvalue weighted by molar-refractivity contribution is -0.123. The average molecular weight is 556 g/mol. The fraction of sp³-hybridized carbons (Fsp3) is 0.478. The lowest BCUT2D eigenvalue weighted by Crippen LogP contribution is -2.46. The number of sulfonamides is 1. The van der Waals surface area contributed by atoms with Crippen LogP contribution in [0.3, 0.4) is 0 Å². The highest BCUT2D eigenvalue weighted by molar-refractivity contribution is 7.91. The van der Waals surface area contributed by atoms with Gasteiger partial charge in [0, 0.05) is 25.6 Å². The van der Waals surface area contributed by atoms with E-state index in [2.05, 4.69) is 0 Å². The van der Waals surface area contributed by atoms with Gasteiger partial charge in [-0.15, -0.1) is 11.3 Å². The predicted octanol–water partition coefficient (Wildman–Crippen LogP) is 4.63. The molecule has 1 amide bonds. The van der Waals surface area contributed by atoms with Crippen molar-refractivity contribution in [3.63, 3.8) is 0 Å². The van der Waals surface area contributed by atoms with E-state index in [0.717, 1.165) is 34.4 Å². The van der Waals surface area contributed by atoms with Crippen LogP contribution in [0.5, 0.6) is 5.75 Å². The number of carbonyl (C=O) groups is 1. The van der Waals surface area contributed by atoms with Crippen molar-refractivity contribution in [2.75, 3.05) is 38.3 Å². The number of anilines is 1. The molecule has 0 N–H and O–H groups in total. The van der Waals surface area contributed by atoms with E-state index < -0.39 is 10.0 Å². The predicted molar refractivity (Wildman–Crippen MR) is 138 cm³/mol. The van der Waals surface area contributed by atoms with Crippen molar-refractivity contribution < 1.29 is 22.7 Å². The van der Waals surface area contributed by atoms with Crippen LogP contribution in [-0.2, 0) is 19.6 Å². The van der Waals surface area contributed by atoms with Gasteiger partial charge in [0.15, 0.2) is 5.13 Å². The summed E-state index contributed by atoms with van der Waals surface area (Å²) in [5, 5.41) is 0.619. The molecule has 1 atom stereocenters. The Morgan fingerprint density at radius 1 is 1.23 bits per heavy atom. The van der Waals surface area contributed by atoms with E-state index in [1.807, 2.05) is 18.2 Å². The van der Waals surface area contributed by atoms with Crippen LogP contribution in [0, 0.1) is 5.92 Å². The average Bonchev–Trinajstić information content (AvgIpc) is 3.62. The number of hydrogen-bond acceptors (Lipinski definition) is 8. The Morgan fingerprint density at radius 3 is 2.69 bits per heavy atom. The zero-order valence-electron chi connectivity index (χ0n) is 19.2. The first-order valence-corrected chi connectivity index (χ1v) is 14.9. The number of ether oxygens (including phenoxy) is 2. The van der Waals surface area contributed by atoms with Gasteiger partial charge in [0.2, 0.25) is 5.91 Å². The van der Waals surface area contributed by atoms with E-state index in [0.29, 0.717) is 41.2 Å². The normalized spacial score (nSPS) is 19.9. The van der Waals surface area contributed by atoms with Gasteiger partial charge < -0.3 is 9.47 Å². The van der Waals surface area contributed by atoms with Gasteiger partial charge in [-0.25, -0.2) is 13.4 Å². The number of methoxy groups -OCH3 is 1. The minimum atomic E-state index is -3.61. The molecule has 0 bridgehead atoms. The van der Waals surface area contributed by atoms with Crippen LogP contribution >= 0.6 is 34.3 Å². The molecule has 0 saturated carbocycles.